The topological polar surface area (TPSA) is 85.9 Å². The second kappa shape index (κ2) is 6.91. The first-order chi connectivity index (χ1) is 7.72. The molecular formula is C9H18N3O3P. The molecule has 3 N–H and O–H groups in total. The predicted molar refractivity (Wildman–Crippen MR) is 60.9 cm³/mol. The van der Waals surface area contributed by atoms with E-state index in [2.05, 4.69) is 10.1 Å². The number of hydrogen-bond acceptors (Lipinski definition) is 4. The zero-order valence-electron chi connectivity index (χ0n) is 9.55. The number of hydrogen-bond donors (Lipinski definition) is 2. The highest BCUT2D eigenvalue weighted by Crippen LogP contribution is 2.22. The van der Waals surface area contributed by atoms with E-state index in [1.165, 1.54) is 0 Å². The summed E-state index contributed by atoms with van der Waals surface area (Å²) < 4.78 is 14.5. The molecule has 0 spiro atoms. The number of nitrogens with one attached hydrogen (secondary N) is 1. The van der Waals surface area contributed by atoms with Crippen LogP contribution in [0.15, 0.2) is 4.74 Å². The standard InChI is InChI=1S/C9H18N3O3P/c1-14-9(15-2)7(12-16-10)5-6-3-4-11-8(6)13/h6-7,9H,3-5H2,1-2H3,(H2,10,12)(H,11,13). The highest BCUT2D eigenvalue weighted by Gasteiger charge is 2.30. The van der Waals surface area contributed by atoms with Gasteiger partial charge in [-0.2, -0.15) is 0 Å². The molecule has 0 bridgehead atoms. The summed E-state index contributed by atoms with van der Waals surface area (Å²) in [6.45, 7) is 0.737. The Bertz CT molecular complexity index is 258. The Morgan fingerprint density at radius 1 is 1.62 bits per heavy atom. The first kappa shape index (κ1) is 13.5. The molecule has 1 rings (SSSR count). The maximum Gasteiger partial charge on any atom is 0.223 e. The van der Waals surface area contributed by atoms with Gasteiger partial charge in [-0.25, -0.2) is 4.74 Å². The first-order valence-electron chi connectivity index (χ1n) is 5.16. The Morgan fingerprint density at radius 3 is 2.75 bits per heavy atom. The molecule has 0 aromatic rings. The van der Waals surface area contributed by atoms with Crippen LogP contribution in [0.2, 0.25) is 0 Å². The minimum Gasteiger partial charge on any atom is -0.356 e. The molecule has 1 heterocycles. The van der Waals surface area contributed by atoms with Gasteiger partial charge in [0, 0.05) is 26.7 Å². The van der Waals surface area contributed by atoms with Crippen molar-refractivity contribution in [2.45, 2.75) is 25.2 Å². The average molecular weight is 247 g/mol. The Labute approximate surface area is 96.8 Å². The van der Waals surface area contributed by atoms with Gasteiger partial charge in [0.1, 0.15) is 6.04 Å². The van der Waals surface area contributed by atoms with Crippen molar-refractivity contribution in [3.63, 3.8) is 0 Å². The molecule has 0 radical (unpaired) electrons. The fraction of sp³-hybridized carbons (Fsp3) is 0.889. The van der Waals surface area contributed by atoms with Crippen LogP contribution in [0.5, 0.6) is 0 Å². The summed E-state index contributed by atoms with van der Waals surface area (Å²) in [5, 5.41) is 2.80. The Balaban J connectivity index is 2.59. The van der Waals surface area contributed by atoms with Crippen molar-refractivity contribution < 1.29 is 14.3 Å². The molecule has 1 aliphatic heterocycles. The Hall–Kier alpha value is -0.550. The minimum absolute atomic E-state index is 0.0108. The molecule has 1 fully saturated rings. The van der Waals surface area contributed by atoms with E-state index in [0.717, 1.165) is 13.0 Å². The lowest BCUT2D eigenvalue weighted by Crippen LogP contribution is -2.32. The van der Waals surface area contributed by atoms with Crippen LogP contribution in [0.25, 0.3) is 0 Å². The van der Waals surface area contributed by atoms with E-state index in [9.17, 15) is 4.79 Å². The highest BCUT2D eigenvalue weighted by atomic mass is 31.1. The van der Waals surface area contributed by atoms with Gasteiger partial charge in [-0.1, -0.05) is 0 Å². The molecule has 0 saturated carbocycles. The fourth-order valence-corrected chi connectivity index (χ4v) is 2.24. The molecule has 1 saturated heterocycles. The van der Waals surface area contributed by atoms with Crippen molar-refractivity contribution in [2.75, 3.05) is 20.8 Å². The lowest BCUT2D eigenvalue weighted by molar-refractivity contribution is -0.128. The summed E-state index contributed by atoms with van der Waals surface area (Å²) in [5.74, 6) is 0.0724. The van der Waals surface area contributed by atoms with E-state index in [1.807, 2.05) is 0 Å². The molecule has 0 aromatic carbocycles. The second-order valence-electron chi connectivity index (χ2n) is 3.65. The number of rotatable bonds is 6. The van der Waals surface area contributed by atoms with Crippen LogP contribution < -0.4 is 10.8 Å². The molecule has 16 heavy (non-hydrogen) atoms. The second-order valence-corrected chi connectivity index (χ2v) is 4.11. The molecule has 92 valence electrons. The summed E-state index contributed by atoms with van der Waals surface area (Å²) >= 11 is 0. The number of nitrogens with zero attached hydrogens (tertiary/aromatic N) is 1. The summed E-state index contributed by atoms with van der Waals surface area (Å²) in [6.07, 6.45) is 1.01. The lowest BCUT2D eigenvalue weighted by Gasteiger charge is -2.22. The summed E-state index contributed by atoms with van der Waals surface area (Å²) in [6, 6.07) is -0.199. The molecule has 2 unspecified atom stereocenters. The van der Waals surface area contributed by atoms with Gasteiger partial charge in [0.25, 0.3) is 0 Å². The van der Waals surface area contributed by atoms with Gasteiger partial charge in [0.15, 0.2) is 6.29 Å². The maximum atomic E-state index is 11.4. The third-order valence-corrected chi connectivity index (χ3v) is 3.11. The van der Waals surface area contributed by atoms with Gasteiger partial charge in [0.2, 0.25) is 5.91 Å². The van der Waals surface area contributed by atoms with Crippen LogP contribution in [0.1, 0.15) is 12.8 Å². The summed E-state index contributed by atoms with van der Waals surface area (Å²) in [4.78, 5) is 11.4. The lowest BCUT2D eigenvalue weighted by atomic mass is 9.98. The predicted octanol–water partition coefficient (Wildman–Crippen LogP) is 0.504. The molecular weight excluding hydrogens is 229 g/mol. The van der Waals surface area contributed by atoms with E-state index in [4.69, 9.17) is 15.0 Å². The molecule has 0 aliphatic carbocycles. The summed E-state index contributed by atoms with van der Waals surface area (Å²) in [7, 11) is 3.54. The van der Waals surface area contributed by atoms with E-state index in [0.29, 0.717) is 14.9 Å². The Morgan fingerprint density at radius 2 is 2.31 bits per heavy atom. The largest absolute Gasteiger partial charge is 0.356 e. The van der Waals surface area contributed by atoms with Crippen molar-refractivity contribution in [2.24, 2.45) is 16.2 Å². The van der Waals surface area contributed by atoms with Gasteiger partial charge >= 0.3 is 0 Å². The van der Waals surface area contributed by atoms with Crippen LogP contribution >= 0.6 is 8.52 Å². The monoisotopic (exact) mass is 247 g/mol. The van der Waals surface area contributed by atoms with Gasteiger partial charge in [-0.05, 0) is 12.8 Å². The average Bonchev–Trinajstić information content (AvgIpc) is 2.66. The normalized spacial score (nSPS) is 23.0. The molecule has 2 atom stereocenters. The van der Waals surface area contributed by atoms with Gasteiger partial charge in [-0.15, -0.1) is 0 Å². The molecule has 1 aliphatic rings. The maximum absolute atomic E-state index is 11.4. The van der Waals surface area contributed by atoms with Gasteiger partial charge < -0.3 is 14.8 Å². The molecule has 7 heteroatoms. The van der Waals surface area contributed by atoms with E-state index < -0.39 is 6.29 Å². The minimum atomic E-state index is -0.440. The van der Waals surface area contributed by atoms with Crippen molar-refractivity contribution in [3.8, 4) is 0 Å². The van der Waals surface area contributed by atoms with Crippen LogP contribution in [-0.2, 0) is 14.3 Å². The zero-order valence-corrected chi connectivity index (χ0v) is 10.4. The third-order valence-electron chi connectivity index (χ3n) is 2.68. The van der Waals surface area contributed by atoms with Crippen molar-refractivity contribution >= 4 is 14.4 Å². The molecule has 6 nitrogen and oxygen atoms in total. The number of methoxy groups -OCH3 is 2. The van der Waals surface area contributed by atoms with Crippen LogP contribution in [0, 0.1) is 5.92 Å². The van der Waals surface area contributed by atoms with Crippen molar-refractivity contribution in [3.05, 3.63) is 0 Å². The van der Waals surface area contributed by atoms with E-state index >= 15 is 0 Å². The van der Waals surface area contributed by atoms with Crippen molar-refractivity contribution in [1.29, 1.82) is 0 Å². The number of nitrogens with two attached hydrogens (primary N) is 1. The van der Waals surface area contributed by atoms with Crippen LogP contribution in [-0.4, -0.2) is 39.0 Å². The van der Waals surface area contributed by atoms with Gasteiger partial charge in [0.05, 0.1) is 8.52 Å². The quantitative estimate of drug-likeness (QED) is 0.528. The Kier molecular flexibility index (Phi) is 5.84. The third kappa shape index (κ3) is 3.49. The number of carbonyl (C=O) groups is 1. The van der Waals surface area contributed by atoms with Crippen molar-refractivity contribution in [1.82, 2.24) is 5.32 Å². The first-order valence-corrected chi connectivity index (χ1v) is 6.08. The number of amides is 1. The SMILES string of the molecule is COC(OC)C(CC1CCNC1=O)N=PN. The van der Waals surface area contributed by atoms with Gasteiger partial charge in [-0.3, -0.25) is 10.3 Å². The number of carbonyl (C=O) groups excluding carboxylic acids is 1. The smallest absolute Gasteiger partial charge is 0.223 e. The van der Waals surface area contributed by atoms with E-state index in [-0.39, 0.29) is 17.9 Å². The molecule has 0 aromatic heterocycles. The molecule has 1 amide bonds. The van der Waals surface area contributed by atoms with E-state index in [1.54, 1.807) is 14.2 Å². The summed E-state index contributed by atoms with van der Waals surface area (Å²) in [5.41, 5.74) is 5.38. The fourth-order valence-electron chi connectivity index (χ4n) is 1.87. The van der Waals surface area contributed by atoms with Crippen LogP contribution in [0.3, 0.4) is 0 Å². The zero-order chi connectivity index (χ0) is 12.0. The number of ether oxygens (including phenoxy) is 2. The van der Waals surface area contributed by atoms with Crippen LogP contribution in [0.4, 0.5) is 0 Å². The highest BCUT2D eigenvalue weighted by molar-refractivity contribution is 7.23.